The summed E-state index contributed by atoms with van der Waals surface area (Å²) in [7, 11) is 0. The molecular formula is C27H37N9. The van der Waals surface area contributed by atoms with Crippen LogP contribution in [0.25, 0.3) is 10.8 Å². The number of hydrazine groups is 1. The fourth-order valence-electron chi connectivity index (χ4n) is 5.23. The zero-order chi connectivity index (χ0) is 25.2. The normalized spacial score (nSPS) is 18.8. The second-order valence-corrected chi connectivity index (χ2v) is 10.4. The minimum absolute atomic E-state index is 0.244. The maximum atomic E-state index is 6.07. The van der Waals surface area contributed by atoms with Crippen LogP contribution in [0.5, 0.6) is 0 Å². The Morgan fingerprint density at radius 1 is 1.08 bits per heavy atom. The first-order valence-corrected chi connectivity index (χ1v) is 12.9. The van der Waals surface area contributed by atoms with E-state index < -0.39 is 0 Å². The molecule has 0 saturated carbocycles. The molecule has 1 unspecified atom stereocenters. The summed E-state index contributed by atoms with van der Waals surface area (Å²) in [5.74, 6) is 9.44. The predicted octanol–water partition coefficient (Wildman–Crippen LogP) is 3.92. The fraction of sp³-hybridized carbons (Fsp3) is 0.444. The summed E-state index contributed by atoms with van der Waals surface area (Å²) in [6.45, 7) is 10.4. The molecule has 190 valence electrons. The third-order valence-corrected chi connectivity index (χ3v) is 7.26. The number of hydrogen-bond donors (Lipinski definition) is 3. The van der Waals surface area contributed by atoms with Gasteiger partial charge in [-0.1, -0.05) is 26.8 Å². The Morgan fingerprint density at radius 2 is 1.92 bits per heavy atom. The van der Waals surface area contributed by atoms with Crippen molar-refractivity contribution in [3.8, 4) is 0 Å². The van der Waals surface area contributed by atoms with Gasteiger partial charge in [0.1, 0.15) is 11.6 Å². The summed E-state index contributed by atoms with van der Waals surface area (Å²) in [4.78, 5) is 18.7. The number of nitrogens with one attached hydrogen (secondary N) is 1. The van der Waals surface area contributed by atoms with Gasteiger partial charge in [-0.05, 0) is 53.8 Å². The molecule has 0 amide bonds. The largest absolute Gasteiger partial charge is 0.403 e. The van der Waals surface area contributed by atoms with E-state index in [2.05, 4.69) is 59.1 Å². The molecule has 2 aliphatic heterocycles. The van der Waals surface area contributed by atoms with Gasteiger partial charge in [0.25, 0.3) is 0 Å². The Balaban J connectivity index is 1.40. The summed E-state index contributed by atoms with van der Waals surface area (Å²) in [6.07, 6.45) is 9.43. The topological polar surface area (TPSA) is 112 Å². The van der Waals surface area contributed by atoms with Gasteiger partial charge >= 0.3 is 0 Å². The minimum Gasteiger partial charge on any atom is -0.403 e. The molecule has 2 aliphatic rings. The van der Waals surface area contributed by atoms with Gasteiger partial charge in [0.15, 0.2) is 0 Å². The van der Waals surface area contributed by atoms with E-state index in [4.69, 9.17) is 21.5 Å². The Bertz CT molecular complexity index is 1240. The molecule has 2 aromatic heterocycles. The van der Waals surface area contributed by atoms with E-state index in [0.29, 0.717) is 11.8 Å². The molecule has 1 atom stereocenters. The highest BCUT2D eigenvalue weighted by Crippen LogP contribution is 2.36. The number of hydrogen-bond acceptors (Lipinski definition) is 9. The molecule has 0 aliphatic carbocycles. The molecule has 0 radical (unpaired) electrons. The maximum absolute atomic E-state index is 6.07. The number of fused-ring (bicyclic) bond motifs is 1. The van der Waals surface area contributed by atoms with Crippen LogP contribution in [0.15, 0.2) is 49.1 Å². The van der Waals surface area contributed by atoms with Crippen molar-refractivity contribution in [2.24, 2.45) is 17.5 Å². The van der Waals surface area contributed by atoms with Gasteiger partial charge in [-0.3, -0.25) is 0 Å². The monoisotopic (exact) mass is 487 g/mol. The van der Waals surface area contributed by atoms with Crippen LogP contribution in [-0.4, -0.2) is 52.2 Å². The van der Waals surface area contributed by atoms with E-state index in [1.54, 1.807) is 11.2 Å². The van der Waals surface area contributed by atoms with Gasteiger partial charge < -0.3 is 25.9 Å². The summed E-state index contributed by atoms with van der Waals surface area (Å²) in [5, 5.41) is 7.45. The smallest absolute Gasteiger partial charge is 0.227 e. The standard InChI is InChI=1S/C27H37N9/c1-18(2)21-6-7-24(35-16-20(17-35)36(29)12-9-28)23-14-31-26(13-22(21)23)32-25-8-10-30-27(33-25)34-11-4-5-19(3)15-34/h6-10,12-14,18-20H,4-5,11,15-17,28-29H2,1-3H3,(H,30,31,32,33)/b12-9-. The van der Waals surface area contributed by atoms with E-state index >= 15 is 0 Å². The summed E-state index contributed by atoms with van der Waals surface area (Å²) < 4.78 is 0. The number of aromatic nitrogens is 3. The zero-order valence-electron chi connectivity index (χ0n) is 21.4. The molecule has 0 bridgehead atoms. The van der Waals surface area contributed by atoms with Gasteiger partial charge in [0.05, 0.1) is 6.04 Å². The lowest BCUT2D eigenvalue weighted by atomic mass is 9.94. The predicted molar refractivity (Wildman–Crippen MR) is 147 cm³/mol. The van der Waals surface area contributed by atoms with Crippen molar-refractivity contribution in [1.82, 2.24) is 20.0 Å². The number of pyridine rings is 1. The average molecular weight is 488 g/mol. The molecule has 2 saturated heterocycles. The van der Waals surface area contributed by atoms with Crippen molar-refractivity contribution >= 4 is 34.0 Å². The molecule has 9 heteroatoms. The van der Waals surface area contributed by atoms with E-state index in [0.717, 1.165) is 49.1 Å². The highest BCUT2D eigenvalue weighted by Gasteiger charge is 2.31. The van der Waals surface area contributed by atoms with Gasteiger partial charge in [0.2, 0.25) is 5.95 Å². The van der Waals surface area contributed by atoms with Crippen LogP contribution in [0.4, 0.5) is 23.3 Å². The maximum Gasteiger partial charge on any atom is 0.227 e. The molecule has 0 spiro atoms. The van der Waals surface area contributed by atoms with Crippen LogP contribution in [0.1, 0.15) is 45.1 Å². The average Bonchev–Trinajstić information content (AvgIpc) is 2.83. The number of nitrogens with zero attached hydrogens (tertiary/aromatic N) is 6. The molecule has 5 N–H and O–H groups in total. The van der Waals surface area contributed by atoms with Crippen molar-refractivity contribution < 1.29 is 0 Å². The third kappa shape index (κ3) is 4.88. The van der Waals surface area contributed by atoms with Crippen molar-refractivity contribution in [1.29, 1.82) is 0 Å². The first-order valence-electron chi connectivity index (χ1n) is 12.9. The van der Waals surface area contributed by atoms with Crippen molar-refractivity contribution in [2.45, 2.75) is 45.6 Å². The fourth-order valence-corrected chi connectivity index (χ4v) is 5.23. The minimum atomic E-state index is 0.244. The number of anilines is 4. The highest BCUT2D eigenvalue weighted by molar-refractivity contribution is 5.98. The van der Waals surface area contributed by atoms with E-state index in [1.165, 1.54) is 35.7 Å². The summed E-state index contributed by atoms with van der Waals surface area (Å²) in [5.41, 5.74) is 7.97. The lowest BCUT2D eigenvalue weighted by Gasteiger charge is -2.45. The Labute approximate surface area is 213 Å². The molecular weight excluding hydrogens is 450 g/mol. The number of rotatable bonds is 7. The van der Waals surface area contributed by atoms with Crippen molar-refractivity contribution in [3.63, 3.8) is 0 Å². The van der Waals surface area contributed by atoms with Gasteiger partial charge in [0, 0.05) is 62.0 Å². The quantitative estimate of drug-likeness (QED) is 0.337. The van der Waals surface area contributed by atoms with E-state index in [1.807, 2.05) is 18.5 Å². The summed E-state index contributed by atoms with van der Waals surface area (Å²) in [6, 6.07) is 8.73. The Hall–Kier alpha value is -3.59. The molecule has 36 heavy (non-hydrogen) atoms. The lowest BCUT2D eigenvalue weighted by molar-refractivity contribution is 0.239. The number of piperidine rings is 1. The molecule has 5 rings (SSSR count). The van der Waals surface area contributed by atoms with Gasteiger partial charge in [-0.15, -0.1) is 0 Å². The zero-order valence-corrected chi connectivity index (χ0v) is 21.4. The molecule has 2 fully saturated rings. The van der Waals surface area contributed by atoms with E-state index in [9.17, 15) is 0 Å². The van der Waals surface area contributed by atoms with Gasteiger partial charge in [-0.25, -0.2) is 15.8 Å². The summed E-state index contributed by atoms with van der Waals surface area (Å²) >= 11 is 0. The van der Waals surface area contributed by atoms with E-state index in [-0.39, 0.29) is 6.04 Å². The SMILES string of the molecule is CC1CCCN(c2nccc(Nc3cc4c(C(C)C)ccc(N5CC(N(N)/C=C\N)C5)c4cn3)n2)C1. The van der Waals surface area contributed by atoms with Crippen LogP contribution >= 0.6 is 0 Å². The first-order chi connectivity index (χ1) is 17.4. The lowest BCUT2D eigenvalue weighted by Crippen LogP contribution is -2.60. The van der Waals surface area contributed by atoms with Gasteiger partial charge in [-0.2, -0.15) is 4.98 Å². The second kappa shape index (κ2) is 10.2. The van der Waals surface area contributed by atoms with Crippen molar-refractivity contribution in [2.75, 3.05) is 41.3 Å². The molecule has 1 aromatic carbocycles. The van der Waals surface area contributed by atoms with Crippen LogP contribution in [-0.2, 0) is 0 Å². The van der Waals surface area contributed by atoms with Crippen LogP contribution in [0.3, 0.4) is 0 Å². The van der Waals surface area contributed by atoms with Crippen LogP contribution in [0.2, 0.25) is 0 Å². The molecule has 4 heterocycles. The second-order valence-electron chi connectivity index (χ2n) is 10.4. The highest BCUT2D eigenvalue weighted by atomic mass is 15.5. The first kappa shape index (κ1) is 24.1. The number of benzene rings is 1. The molecule has 9 nitrogen and oxygen atoms in total. The number of nitrogens with two attached hydrogens (primary N) is 2. The van der Waals surface area contributed by atoms with Crippen LogP contribution in [0, 0.1) is 5.92 Å². The van der Waals surface area contributed by atoms with Crippen LogP contribution < -0.4 is 26.7 Å². The third-order valence-electron chi connectivity index (χ3n) is 7.26. The Kier molecular flexibility index (Phi) is 6.82. The molecule has 3 aromatic rings. The van der Waals surface area contributed by atoms with Crippen molar-refractivity contribution in [3.05, 3.63) is 54.6 Å². The Morgan fingerprint density at radius 3 is 2.67 bits per heavy atom.